The highest BCUT2D eigenvalue weighted by Gasteiger charge is 2.65. The molecule has 69 heavy (non-hydrogen) atoms. The molecule has 9 N–H and O–H groups in total. The molecule has 17 heteroatoms. The van der Waals surface area contributed by atoms with Crippen molar-refractivity contribution in [2.24, 2.45) is 16.7 Å². The third kappa shape index (κ3) is 9.98. The van der Waals surface area contributed by atoms with Gasteiger partial charge in [0, 0.05) is 55.2 Å². The van der Waals surface area contributed by atoms with Crippen LogP contribution in [0.15, 0.2) is 71.3 Å². The van der Waals surface area contributed by atoms with Crippen LogP contribution < -0.4 is 26.6 Å². The number of allylic oxidation sites excluding steroid dienone is 1. The van der Waals surface area contributed by atoms with Gasteiger partial charge in [-0.1, -0.05) is 73.8 Å². The van der Waals surface area contributed by atoms with Gasteiger partial charge in [0.2, 0.25) is 23.8 Å². The second-order valence-electron chi connectivity index (χ2n) is 19.9. The van der Waals surface area contributed by atoms with Gasteiger partial charge in [-0.15, -0.1) is 11.8 Å². The number of carbonyl (C=O) groups excluding carboxylic acids is 3. The third-order valence-electron chi connectivity index (χ3n) is 15.8. The predicted molar refractivity (Wildman–Crippen MR) is 258 cm³/mol. The zero-order valence-corrected chi connectivity index (χ0v) is 40.4. The number of hydrogen-bond acceptors (Lipinski definition) is 13. The van der Waals surface area contributed by atoms with Gasteiger partial charge in [0.1, 0.15) is 11.8 Å². The molecule has 2 amide bonds. The lowest BCUT2D eigenvalue weighted by Crippen LogP contribution is -2.56. The number of thioether (sulfide) groups is 1. The van der Waals surface area contributed by atoms with Crippen molar-refractivity contribution in [3.63, 3.8) is 0 Å². The highest BCUT2D eigenvalue weighted by atomic mass is 32.2. The molecule has 16 nitrogen and oxygen atoms in total. The van der Waals surface area contributed by atoms with Crippen molar-refractivity contribution >= 4 is 41.5 Å². The number of nitrogens with one attached hydrogen (secondary N) is 5. The van der Waals surface area contributed by atoms with E-state index in [0.29, 0.717) is 25.0 Å². The lowest BCUT2D eigenvalue weighted by molar-refractivity contribution is -0.164. The van der Waals surface area contributed by atoms with Gasteiger partial charge >= 0.3 is 17.9 Å². The number of esters is 1. The first-order chi connectivity index (χ1) is 33.2. The number of amides is 2. The molecule has 2 aromatic rings. The van der Waals surface area contributed by atoms with Crippen LogP contribution in [0.1, 0.15) is 119 Å². The minimum absolute atomic E-state index is 0.0772. The third-order valence-corrected chi connectivity index (χ3v) is 17.4. The first-order valence-electron chi connectivity index (χ1n) is 24.5. The van der Waals surface area contributed by atoms with Crippen LogP contribution >= 0.6 is 11.8 Å². The van der Waals surface area contributed by atoms with E-state index in [2.05, 4.69) is 61.6 Å². The molecule has 1 aliphatic heterocycles. The van der Waals surface area contributed by atoms with Crippen LogP contribution in [0.25, 0.3) is 0 Å². The molecule has 2 bridgehead atoms. The van der Waals surface area contributed by atoms with Crippen LogP contribution in [0.2, 0.25) is 0 Å². The first-order valence-corrected chi connectivity index (χ1v) is 25.6. The molecule has 2 spiro atoms. The largest absolute Gasteiger partial charge is 0.478 e. The standard InChI is InChI=1S/C52H66N6O10S/c1-53-31-56-52(67,47(64)65)24-16-39(59)57-38(44(60)58-45(61)46(62)63)30-69-43-41-40-34(12-4-3-7-19-49(43)20-8-9-21-49)28-36(27-32-17-25-55-26-18-32)42-50(54-2)23-15-35(29-50)37-14-6-5-11-33(37)13-10-22-51(40,42)48(66)68-41/h5-6,11,14,17-18,25-26,34-35,38,43,45,53-54,56,61,67H,3-4,7-9,12-13,15-16,19-21,23-24,27-31H2,1-2H3,(H,57,59)(H,58,60)(H,62,63)(H,64,65)/t34-,35+,38+,43+,45+,50+,51+,52-/m1/s1. The van der Waals surface area contributed by atoms with Crippen molar-refractivity contribution in [2.45, 2.75) is 144 Å². The minimum Gasteiger partial charge on any atom is -0.478 e. The number of benzene rings is 1. The number of hydrogen-bond donors (Lipinski definition) is 9. The van der Waals surface area contributed by atoms with Crippen molar-refractivity contribution in [3.05, 3.63) is 88.0 Å². The Balaban J connectivity index is 1.27. The maximum Gasteiger partial charge on any atom is 0.353 e. The smallest absolute Gasteiger partial charge is 0.353 e. The number of aliphatic hydroxyl groups excluding tert-OH is 1. The molecule has 6 aliphatic rings. The number of rotatable bonds is 17. The molecule has 370 valence electrons. The Morgan fingerprint density at radius 1 is 0.957 bits per heavy atom. The molecule has 1 aromatic heterocycles. The van der Waals surface area contributed by atoms with E-state index in [-0.39, 0.29) is 29.7 Å². The Bertz CT molecular complexity index is 2430. The number of ether oxygens (including phenoxy) is 1. The number of likely N-dealkylation sites (N-methyl/N-ethyl adjacent to an activating group) is 1. The number of aliphatic carboxylic acids is 2. The van der Waals surface area contributed by atoms with E-state index < -0.39 is 76.8 Å². The lowest BCUT2D eigenvalue weighted by atomic mass is 9.55. The van der Waals surface area contributed by atoms with Crippen LogP contribution in [0, 0.1) is 28.6 Å². The van der Waals surface area contributed by atoms with Crippen LogP contribution in [0.5, 0.6) is 0 Å². The number of aromatic nitrogens is 1. The van der Waals surface area contributed by atoms with Crippen molar-refractivity contribution in [1.82, 2.24) is 31.6 Å². The van der Waals surface area contributed by atoms with Gasteiger partial charge in [-0.3, -0.25) is 19.9 Å². The molecule has 8 rings (SSSR count). The number of nitrogens with zero attached hydrogens (tertiary/aromatic N) is 1. The van der Waals surface area contributed by atoms with E-state index >= 15 is 4.79 Å². The van der Waals surface area contributed by atoms with Crippen LogP contribution in [-0.2, 0) is 41.6 Å². The minimum atomic E-state index is -2.47. The lowest BCUT2D eigenvalue weighted by Gasteiger charge is -2.47. The summed E-state index contributed by atoms with van der Waals surface area (Å²) in [7, 11) is 3.55. The summed E-state index contributed by atoms with van der Waals surface area (Å²) in [4.78, 5) is 71.5. The fourth-order valence-electron chi connectivity index (χ4n) is 12.6. The van der Waals surface area contributed by atoms with Gasteiger partial charge < -0.3 is 46.4 Å². The Labute approximate surface area is 407 Å². The van der Waals surface area contributed by atoms with E-state index in [9.17, 15) is 39.6 Å². The molecule has 0 saturated heterocycles. The molecular formula is C52H66N6O10S. The molecule has 2 fully saturated rings. The van der Waals surface area contributed by atoms with Crippen LogP contribution in [-0.4, -0.2) is 110 Å². The van der Waals surface area contributed by atoms with Gasteiger partial charge in [-0.05, 0) is 124 Å². The van der Waals surface area contributed by atoms with Crippen LogP contribution in [0.4, 0.5) is 0 Å². The molecule has 2 saturated carbocycles. The predicted octanol–water partition coefficient (Wildman–Crippen LogP) is 4.17. The number of fused-ring (bicyclic) bond motifs is 5. The maximum absolute atomic E-state index is 15.8. The monoisotopic (exact) mass is 966 g/mol. The molecule has 0 radical (unpaired) electrons. The Morgan fingerprint density at radius 3 is 2.41 bits per heavy atom. The van der Waals surface area contributed by atoms with E-state index in [1.54, 1.807) is 19.4 Å². The topological polar surface area (TPSA) is 249 Å². The van der Waals surface area contributed by atoms with Crippen molar-refractivity contribution in [1.29, 1.82) is 0 Å². The average molecular weight is 967 g/mol. The quantitative estimate of drug-likeness (QED) is 0.0467. The number of pyridine rings is 1. The van der Waals surface area contributed by atoms with Gasteiger partial charge in [0.05, 0.1) is 5.25 Å². The number of carboxylic acid groups (broad SMARTS) is 2. The van der Waals surface area contributed by atoms with E-state index in [1.165, 1.54) is 22.9 Å². The SMILES string of the molecule is CNCN[C@@](O)(CCC(=O)N[C@@H](CS[C@H]1C2=C3[C@H](CCCCCC14CCCC4)CC(Cc1ccncc1)=C1[C@]4(NC)CC[C@@H](C4)c4ccccc4CC#C[C@]31C(=O)O2)C(=O)N[C@@H](O)C(=O)O)C(=O)O. The summed E-state index contributed by atoms with van der Waals surface area (Å²) in [5.41, 5.74) is 1.77. The molecule has 5 aliphatic carbocycles. The van der Waals surface area contributed by atoms with E-state index in [0.717, 1.165) is 99.3 Å². The second-order valence-corrected chi connectivity index (χ2v) is 21.0. The fraction of sp³-hybridized carbons (Fsp3) is 0.577. The molecule has 1 aromatic carbocycles. The maximum atomic E-state index is 15.8. The summed E-state index contributed by atoms with van der Waals surface area (Å²) >= 11 is 1.38. The van der Waals surface area contributed by atoms with Gasteiger partial charge in [-0.2, -0.15) is 0 Å². The number of carbonyl (C=O) groups is 5. The van der Waals surface area contributed by atoms with Crippen molar-refractivity contribution in [2.75, 3.05) is 26.5 Å². The zero-order valence-electron chi connectivity index (χ0n) is 39.5. The van der Waals surface area contributed by atoms with E-state index in [1.807, 2.05) is 25.2 Å². The Morgan fingerprint density at radius 2 is 1.70 bits per heavy atom. The Hall–Kier alpha value is -5.09. The molecular weight excluding hydrogens is 901 g/mol. The van der Waals surface area contributed by atoms with Crippen molar-refractivity contribution < 1.29 is 49.1 Å². The molecule has 8 atom stereocenters. The fourth-order valence-corrected chi connectivity index (χ4v) is 14.2. The van der Waals surface area contributed by atoms with E-state index in [4.69, 9.17) is 4.74 Å². The van der Waals surface area contributed by atoms with Gasteiger partial charge in [0.15, 0.2) is 5.41 Å². The summed E-state index contributed by atoms with van der Waals surface area (Å²) < 4.78 is 6.95. The normalized spacial score (nSPS) is 27.6. The summed E-state index contributed by atoms with van der Waals surface area (Å²) in [6.07, 6.45) is 12.6. The Kier molecular flexibility index (Phi) is 15.4. The summed E-state index contributed by atoms with van der Waals surface area (Å²) in [6.45, 7) is -0.0772. The average Bonchev–Trinajstić information content (AvgIpc) is 4.07. The van der Waals surface area contributed by atoms with Gasteiger partial charge in [-0.25, -0.2) is 14.4 Å². The first kappa shape index (κ1) is 50.3. The van der Waals surface area contributed by atoms with Gasteiger partial charge in [0.25, 0.3) is 0 Å². The number of carboxylic acids is 2. The summed E-state index contributed by atoms with van der Waals surface area (Å²) in [5.74, 6) is 2.44. The zero-order chi connectivity index (χ0) is 49.0. The van der Waals surface area contributed by atoms with Crippen LogP contribution in [0.3, 0.4) is 0 Å². The highest BCUT2D eigenvalue weighted by Crippen LogP contribution is 2.65. The number of aliphatic hydroxyl groups is 2. The summed E-state index contributed by atoms with van der Waals surface area (Å²) in [6, 6.07) is 11.2. The summed E-state index contributed by atoms with van der Waals surface area (Å²) in [5, 5.41) is 53.7. The molecule has 2 heterocycles. The van der Waals surface area contributed by atoms with Crippen molar-refractivity contribution in [3.8, 4) is 11.8 Å². The molecule has 0 unspecified atom stereocenters. The second kappa shape index (κ2) is 21.1. The highest BCUT2D eigenvalue weighted by molar-refractivity contribution is 8.00.